The predicted molar refractivity (Wildman–Crippen MR) is 95.1 cm³/mol. The van der Waals surface area contributed by atoms with Crippen LogP contribution in [0, 0.1) is 0 Å². The van der Waals surface area contributed by atoms with Gasteiger partial charge in [-0.2, -0.15) is 10.2 Å². The quantitative estimate of drug-likeness (QED) is 0.475. The van der Waals surface area contributed by atoms with Crippen molar-refractivity contribution in [3.8, 4) is 0 Å². The van der Waals surface area contributed by atoms with Crippen LogP contribution in [0.4, 0.5) is 0 Å². The second-order valence-electron chi connectivity index (χ2n) is 5.18. The van der Waals surface area contributed by atoms with E-state index in [0.29, 0.717) is 24.5 Å². The van der Waals surface area contributed by atoms with E-state index in [2.05, 4.69) is 30.4 Å². The van der Waals surface area contributed by atoms with Crippen molar-refractivity contribution in [2.24, 2.45) is 0 Å². The molecule has 0 saturated heterocycles. The zero-order chi connectivity index (χ0) is 18.9. The van der Waals surface area contributed by atoms with Crippen LogP contribution < -0.4 is 0 Å². The molecule has 4 unspecified atom stereocenters. The van der Waals surface area contributed by atoms with Crippen molar-refractivity contribution in [3.63, 3.8) is 0 Å². The van der Waals surface area contributed by atoms with Crippen LogP contribution in [0.1, 0.15) is 35.0 Å². The number of hydrogen-bond donors (Lipinski definition) is 2. The lowest BCUT2D eigenvalue weighted by molar-refractivity contribution is 0.220. The fourth-order valence-corrected chi connectivity index (χ4v) is 4.46. The summed E-state index contributed by atoms with van der Waals surface area (Å²) in [6, 6.07) is 0. The number of H-pyrrole nitrogens is 2. The van der Waals surface area contributed by atoms with Gasteiger partial charge in [0.05, 0.1) is 10.5 Å². The van der Waals surface area contributed by atoms with Crippen LogP contribution in [0.2, 0.25) is 0 Å². The Morgan fingerprint density at radius 1 is 0.962 bits per heavy atom. The SMILES string of the molecule is CS(=O)C(CCO[P+](=O)OCCC(c1ncn[nH]1)S(C)=O)c1ncn[nH]1. The van der Waals surface area contributed by atoms with E-state index in [1.807, 2.05) is 0 Å². The zero-order valence-electron chi connectivity index (χ0n) is 14.2. The summed E-state index contributed by atoms with van der Waals surface area (Å²) in [5, 5.41) is 12.0. The second-order valence-corrected chi connectivity index (χ2v) is 9.28. The third kappa shape index (κ3) is 6.40. The maximum Gasteiger partial charge on any atom is 0.697 e. The first kappa shape index (κ1) is 20.9. The van der Waals surface area contributed by atoms with Crippen molar-refractivity contribution < 1.29 is 22.0 Å². The smallest absolute Gasteiger partial charge is 0.262 e. The Balaban J connectivity index is 1.71. The number of aromatic amines is 2. The third-order valence-corrected chi connectivity index (χ3v) is 6.74. The van der Waals surface area contributed by atoms with Crippen LogP contribution in [0.5, 0.6) is 0 Å². The monoisotopic (exact) mass is 423 g/mol. The third-order valence-electron chi connectivity index (χ3n) is 3.43. The highest BCUT2D eigenvalue weighted by Gasteiger charge is 2.26. The van der Waals surface area contributed by atoms with E-state index in [4.69, 9.17) is 9.05 Å². The molecule has 2 aromatic heterocycles. The van der Waals surface area contributed by atoms with Crippen LogP contribution in [0.25, 0.3) is 0 Å². The molecule has 0 aliphatic rings. The molecule has 14 heteroatoms. The molecule has 0 spiro atoms. The van der Waals surface area contributed by atoms with Gasteiger partial charge < -0.3 is 0 Å². The Kier molecular flexibility index (Phi) is 8.59. The first-order chi connectivity index (χ1) is 12.5. The van der Waals surface area contributed by atoms with Gasteiger partial charge in [-0.3, -0.25) is 18.6 Å². The predicted octanol–water partition coefficient (Wildman–Crippen LogP) is 0.933. The standard InChI is InChI=1S/C12H20N6O5PS2/c1-25(20)9(11-13-7-15-17-11)3-5-22-24(19)23-6-4-10(26(2)21)12-14-8-16-18-12/h7-10H,3-6H2,1-2H3,(H,13,15,17)(H,14,16,18)/q+1. The summed E-state index contributed by atoms with van der Waals surface area (Å²) in [5.74, 6) is 0.983. The van der Waals surface area contributed by atoms with E-state index in [9.17, 15) is 13.0 Å². The van der Waals surface area contributed by atoms with Gasteiger partial charge in [0.2, 0.25) is 0 Å². The van der Waals surface area contributed by atoms with E-state index in [-0.39, 0.29) is 23.7 Å². The molecule has 2 aromatic rings. The summed E-state index contributed by atoms with van der Waals surface area (Å²) in [5.41, 5.74) is 0. The van der Waals surface area contributed by atoms with Crippen molar-refractivity contribution in [2.75, 3.05) is 25.7 Å². The van der Waals surface area contributed by atoms with Gasteiger partial charge in [-0.25, -0.2) is 9.97 Å². The average Bonchev–Trinajstić information content (AvgIpc) is 3.28. The molecule has 0 aromatic carbocycles. The molecule has 26 heavy (non-hydrogen) atoms. The number of hydrogen-bond acceptors (Lipinski definition) is 9. The van der Waals surface area contributed by atoms with Gasteiger partial charge in [-0.15, -0.1) is 9.05 Å². The Labute approximate surface area is 155 Å². The van der Waals surface area contributed by atoms with E-state index >= 15 is 0 Å². The molecule has 2 heterocycles. The highest BCUT2D eigenvalue weighted by molar-refractivity contribution is 7.84. The molecule has 0 aliphatic carbocycles. The molecule has 144 valence electrons. The van der Waals surface area contributed by atoms with Gasteiger partial charge in [-0.05, 0) is 12.8 Å². The van der Waals surface area contributed by atoms with E-state index in [0.717, 1.165) is 0 Å². The van der Waals surface area contributed by atoms with E-state index < -0.39 is 29.9 Å². The van der Waals surface area contributed by atoms with Gasteiger partial charge in [0, 0.05) is 38.7 Å². The van der Waals surface area contributed by atoms with E-state index in [1.54, 1.807) is 12.5 Å². The fraction of sp³-hybridized carbons (Fsp3) is 0.667. The van der Waals surface area contributed by atoms with Gasteiger partial charge in [-0.1, -0.05) is 0 Å². The Morgan fingerprint density at radius 3 is 1.69 bits per heavy atom. The molecule has 11 nitrogen and oxygen atoms in total. The molecule has 0 fully saturated rings. The second kappa shape index (κ2) is 10.7. The molecule has 0 aliphatic heterocycles. The Bertz CT molecular complexity index is 668. The normalized spacial score (nSPS) is 16.8. The highest BCUT2D eigenvalue weighted by atomic mass is 32.2. The lowest BCUT2D eigenvalue weighted by Crippen LogP contribution is -2.11. The van der Waals surface area contributed by atoms with Crippen molar-refractivity contribution in [2.45, 2.75) is 23.3 Å². The van der Waals surface area contributed by atoms with Crippen LogP contribution in [0.15, 0.2) is 12.7 Å². The van der Waals surface area contributed by atoms with Crippen molar-refractivity contribution in [3.05, 3.63) is 24.3 Å². The summed E-state index contributed by atoms with van der Waals surface area (Å²) in [4.78, 5) is 7.97. The summed E-state index contributed by atoms with van der Waals surface area (Å²) < 4.78 is 45.6. The zero-order valence-corrected chi connectivity index (χ0v) is 16.8. The van der Waals surface area contributed by atoms with Gasteiger partial charge >= 0.3 is 8.25 Å². The number of rotatable bonds is 12. The number of aromatic nitrogens is 6. The highest BCUT2D eigenvalue weighted by Crippen LogP contribution is 2.28. The number of nitrogens with one attached hydrogen (secondary N) is 2. The minimum atomic E-state index is -2.34. The molecule has 0 saturated carbocycles. The maximum atomic E-state index is 11.8. The summed E-state index contributed by atoms with van der Waals surface area (Å²) >= 11 is 0. The fourth-order valence-electron chi connectivity index (χ4n) is 2.17. The van der Waals surface area contributed by atoms with Crippen molar-refractivity contribution >= 4 is 29.9 Å². The number of nitrogens with zero attached hydrogens (tertiary/aromatic N) is 4. The first-order valence-electron chi connectivity index (χ1n) is 7.57. The van der Waals surface area contributed by atoms with Crippen LogP contribution in [-0.4, -0.2) is 64.5 Å². The van der Waals surface area contributed by atoms with Crippen LogP contribution in [-0.2, 0) is 35.2 Å². The minimum absolute atomic E-state index is 0.0887. The van der Waals surface area contributed by atoms with Gasteiger partial charge in [0.25, 0.3) is 0 Å². The van der Waals surface area contributed by atoms with Crippen LogP contribution >= 0.6 is 8.25 Å². The Hall–Kier alpha value is -1.40. The molecule has 4 atom stereocenters. The van der Waals surface area contributed by atoms with Crippen LogP contribution in [0.3, 0.4) is 0 Å². The Morgan fingerprint density at radius 2 is 1.38 bits per heavy atom. The van der Waals surface area contributed by atoms with Gasteiger partial charge in [0.1, 0.15) is 37.5 Å². The first-order valence-corrected chi connectivity index (χ1v) is 11.9. The molecule has 0 radical (unpaired) electrons. The largest absolute Gasteiger partial charge is 0.697 e. The molecule has 0 amide bonds. The molecule has 2 N–H and O–H groups in total. The summed E-state index contributed by atoms with van der Waals surface area (Å²) in [6.07, 6.45) is 6.48. The summed E-state index contributed by atoms with van der Waals surface area (Å²) in [7, 11) is -4.70. The average molecular weight is 423 g/mol. The molecular formula is C12H20N6O5PS2+. The van der Waals surface area contributed by atoms with Crippen molar-refractivity contribution in [1.29, 1.82) is 0 Å². The lowest BCUT2D eigenvalue weighted by atomic mass is 10.3. The van der Waals surface area contributed by atoms with Gasteiger partial charge in [0.15, 0.2) is 0 Å². The molecular weight excluding hydrogens is 403 g/mol. The maximum absolute atomic E-state index is 11.8. The summed E-state index contributed by atoms with van der Waals surface area (Å²) in [6.45, 7) is 0.177. The van der Waals surface area contributed by atoms with Crippen molar-refractivity contribution in [1.82, 2.24) is 30.4 Å². The lowest BCUT2D eigenvalue weighted by Gasteiger charge is -2.09. The topological polar surface area (TPSA) is 153 Å². The molecule has 0 bridgehead atoms. The van der Waals surface area contributed by atoms with E-state index in [1.165, 1.54) is 12.7 Å². The minimum Gasteiger partial charge on any atom is -0.262 e. The molecule has 2 rings (SSSR count).